The van der Waals surface area contributed by atoms with Gasteiger partial charge in [0.1, 0.15) is 0 Å². The fourth-order valence-electron chi connectivity index (χ4n) is 2.49. The molecule has 2 heterocycles. The monoisotopic (exact) mass is 250 g/mol. The summed E-state index contributed by atoms with van der Waals surface area (Å²) in [5.74, 6) is 0.0913. The number of nitrogens with zero attached hydrogens (tertiary/aromatic N) is 3. The van der Waals surface area contributed by atoms with Crippen molar-refractivity contribution in [1.82, 2.24) is 20.0 Å². The number of piperidine rings is 1. The fraction of sp³-hybridized carbons (Fsp3) is 0.692. The van der Waals surface area contributed by atoms with E-state index in [2.05, 4.69) is 10.4 Å². The van der Waals surface area contributed by atoms with Crippen molar-refractivity contribution in [3.63, 3.8) is 0 Å². The molecule has 0 radical (unpaired) electrons. The van der Waals surface area contributed by atoms with Crippen LogP contribution >= 0.6 is 0 Å². The smallest absolute Gasteiger partial charge is 0.257 e. The summed E-state index contributed by atoms with van der Waals surface area (Å²) in [7, 11) is 3.75. The van der Waals surface area contributed by atoms with Gasteiger partial charge in [-0.3, -0.25) is 9.48 Å². The van der Waals surface area contributed by atoms with Crippen LogP contribution in [0.1, 0.15) is 35.8 Å². The molecule has 1 fully saturated rings. The average Bonchev–Trinajstić information content (AvgIpc) is 2.79. The van der Waals surface area contributed by atoms with Crippen molar-refractivity contribution in [2.45, 2.75) is 32.2 Å². The summed E-state index contributed by atoms with van der Waals surface area (Å²) in [5.41, 5.74) is 1.63. The molecule has 18 heavy (non-hydrogen) atoms. The van der Waals surface area contributed by atoms with E-state index in [0.29, 0.717) is 6.04 Å². The molecule has 1 N–H and O–H groups in total. The van der Waals surface area contributed by atoms with Gasteiger partial charge in [-0.05, 0) is 25.8 Å². The van der Waals surface area contributed by atoms with Gasteiger partial charge in [-0.15, -0.1) is 0 Å². The predicted molar refractivity (Wildman–Crippen MR) is 70.6 cm³/mol. The lowest BCUT2D eigenvalue weighted by molar-refractivity contribution is 0.0707. The molecule has 1 aromatic heterocycles. The minimum atomic E-state index is 0.0913. The average molecular weight is 250 g/mol. The van der Waals surface area contributed by atoms with Gasteiger partial charge in [0.05, 0.1) is 11.3 Å². The summed E-state index contributed by atoms with van der Waals surface area (Å²) in [5, 5.41) is 7.67. The van der Waals surface area contributed by atoms with Crippen molar-refractivity contribution in [2.75, 3.05) is 20.1 Å². The van der Waals surface area contributed by atoms with Crippen molar-refractivity contribution in [3.05, 3.63) is 17.5 Å². The molecule has 1 saturated heterocycles. The van der Waals surface area contributed by atoms with E-state index in [0.717, 1.165) is 43.6 Å². The molecule has 1 amide bonds. The molecule has 0 spiro atoms. The first-order valence-electron chi connectivity index (χ1n) is 6.64. The molecular weight excluding hydrogens is 228 g/mol. The Balaban J connectivity index is 2.13. The molecule has 1 aliphatic rings. The van der Waals surface area contributed by atoms with Gasteiger partial charge in [0.15, 0.2) is 0 Å². The molecule has 1 unspecified atom stereocenters. The van der Waals surface area contributed by atoms with Gasteiger partial charge >= 0.3 is 0 Å². The molecule has 100 valence electrons. The third-order valence-corrected chi connectivity index (χ3v) is 3.61. The topological polar surface area (TPSA) is 50.2 Å². The zero-order chi connectivity index (χ0) is 13.1. The highest BCUT2D eigenvalue weighted by atomic mass is 16.2. The van der Waals surface area contributed by atoms with Crippen LogP contribution in [0.25, 0.3) is 0 Å². The standard InChI is InChI=1S/C13H22N4O/c1-4-12-11(9-16(2)15-12)13(18)17(3)10-6-5-7-14-8-10/h9-10,14H,4-8H2,1-3H3. The first-order chi connectivity index (χ1) is 8.63. The Morgan fingerprint density at radius 2 is 2.44 bits per heavy atom. The molecule has 1 atom stereocenters. The van der Waals surface area contributed by atoms with Crippen LogP contribution in [0.3, 0.4) is 0 Å². The van der Waals surface area contributed by atoms with Gasteiger partial charge in [-0.1, -0.05) is 6.92 Å². The van der Waals surface area contributed by atoms with Crippen molar-refractivity contribution >= 4 is 5.91 Å². The van der Waals surface area contributed by atoms with E-state index in [1.54, 1.807) is 4.68 Å². The maximum Gasteiger partial charge on any atom is 0.257 e. The second-order valence-electron chi connectivity index (χ2n) is 4.93. The largest absolute Gasteiger partial charge is 0.337 e. The molecular formula is C13H22N4O. The van der Waals surface area contributed by atoms with E-state index < -0.39 is 0 Å². The number of hydrogen-bond donors (Lipinski definition) is 1. The number of carbonyl (C=O) groups is 1. The number of aryl methyl sites for hydroxylation is 2. The number of likely N-dealkylation sites (N-methyl/N-ethyl adjacent to an activating group) is 1. The van der Waals surface area contributed by atoms with Gasteiger partial charge < -0.3 is 10.2 Å². The van der Waals surface area contributed by atoms with Crippen molar-refractivity contribution in [2.24, 2.45) is 7.05 Å². The van der Waals surface area contributed by atoms with Gasteiger partial charge in [0.25, 0.3) is 5.91 Å². The van der Waals surface area contributed by atoms with Gasteiger partial charge in [0.2, 0.25) is 0 Å². The Labute approximate surface area is 108 Å². The van der Waals surface area contributed by atoms with Crippen LogP contribution in [0.2, 0.25) is 0 Å². The number of hydrogen-bond acceptors (Lipinski definition) is 3. The molecule has 0 aromatic carbocycles. The fourth-order valence-corrected chi connectivity index (χ4v) is 2.49. The highest BCUT2D eigenvalue weighted by Crippen LogP contribution is 2.15. The molecule has 2 rings (SSSR count). The van der Waals surface area contributed by atoms with Crippen molar-refractivity contribution in [1.29, 1.82) is 0 Å². The third-order valence-electron chi connectivity index (χ3n) is 3.61. The van der Waals surface area contributed by atoms with E-state index in [4.69, 9.17) is 0 Å². The van der Waals surface area contributed by atoms with Crippen LogP contribution in [-0.2, 0) is 13.5 Å². The van der Waals surface area contributed by atoms with Gasteiger partial charge in [-0.25, -0.2) is 0 Å². The first-order valence-corrected chi connectivity index (χ1v) is 6.64. The summed E-state index contributed by atoms with van der Waals surface area (Å²) in [6.45, 7) is 3.98. The minimum Gasteiger partial charge on any atom is -0.337 e. The Morgan fingerprint density at radius 3 is 3.06 bits per heavy atom. The third kappa shape index (κ3) is 2.56. The molecule has 1 aromatic rings. The summed E-state index contributed by atoms with van der Waals surface area (Å²) < 4.78 is 1.72. The van der Waals surface area contributed by atoms with E-state index >= 15 is 0 Å². The predicted octanol–water partition coefficient (Wildman–Crippen LogP) is 0.807. The Hall–Kier alpha value is -1.36. The Bertz CT molecular complexity index is 421. The number of rotatable bonds is 3. The Morgan fingerprint density at radius 1 is 1.67 bits per heavy atom. The van der Waals surface area contributed by atoms with Crippen LogP contribution in [0.5, 0.6) is 0 Å². The zero-order valence-corrected chi connectivity index (χ0v) is 11.4. The van der Waals surface area contributed by atoms with Crippen LogP contribution in [0, 0.1) is 0 Å². The molecule has 5 heteroatoms. The normalized spacial score (nSPS) is 19.8. The van der Waals surface area contributed by atoms with Crippen molar-refractivity contribution in [3.8, 4) is 0 Å². The van der Waals surface area contributed by atoms with E-state index in [1.165, 1.54) is 0 Å². The molecule has 5 nitrogen and oxygen atoms in total. The zero-order valence-electron chi connectivity index (χ0n) is 11.4. The number of amides is 1. The quantitative estimate of drug-likeness (QED) is 0.863. The van der Waals surface area contributed by atoms with Gasteiger partial charge in [-0.2, -0.15) is 5.10 Å². The molecule has 0 aliphatic carbocycles. The van der Waals surface area contributed by atoms with E-state index in [1.807, 2.05) is 32.1 Å². The van der Waals surface area contributed by atoms with E-state index in [-0.39, 0.29) is 5.91 Å². The second-order valence-corrected chi connectivity index (χ2v) is 4.93. The maximum atomic E-state index is 12.5. The van der Waals surface area contributed by atoms with Crippen LogP contribution < -0.4 is 5.32 Å². The summed E-state index contributed by atoms with van der Waals surface area (Å²) in [6, 6.07) is 0.302. The van der Waals surface area contributed by atoms with Crippen LogP contribution in [0.4, 0.5) is 0 Å². The van der Waals surface area contributed by atoms with Crippen molar-refractivity contribution < 1.29 is 4.79 Å². The number of aromatic nitrogens is 2. The lowest BCUT2D eigenvalue weighted by atomic mass is 10.1. The lowest BCUT2D eigenvalue weighted by Crippen LogP contribution is -2.46. The molecule has 0 saturated carbocycles. The number of nitrogens with one attached hydrogen (secondary N) is 1. The number of carbonyl (C=O) groups excluding carboxylic acids is 1. The lowest BCUT2D eigenvalue weighted by Gasteiger charge is -2.31. The highest BCUT2D eigenvalue weighted by molar-refractivity contribution is 5.95. The SMILES string of the molecule is CCc1nn(C)cc1C(=O)N(C)C1CCCNC1. The second kappa shape index (κ2) is 5.52. The summed E-state index contributed by atoms with van der Waals surface area (Å²) >= 11 is 0. The van der Waals surface area contributed by atoms with Crippen LogP contribution in [-0.4, -0.2) is 46.8 Å². The highest BCUT2D eigenvalue weighted by Gasteiger charge is 2.25. The summed E-state index contributed by atoms with van der Waals surface area (Å²) in [4.78, 5) is 14.3. The van der Waals surface area contributed by atoms with E-state index in [9.17, 15) is 4.79 Å². The minimum absolute atomic E-state index is 0.0913. The molecule has 0 bridgehead atoms. The van der Waals surface area contributed by atoms with Crippen LogP contribution in [0.15, 0.2) is 6.20 Å². The first kappa shape index (κ1) is 13.1. The molecule has 1 aliphatic heterocycles. The van der Waals surface area contributed by atoms with Gasteiger partial charge in [0, 0.05) is 32.9 Å². The maximum absolute atomic E-state index is 12.5. The Kier molecular flexibility index (Phi) is 4.01. The summed E-state index contributed by atoms with van der Waals surface area (Å²) in [6.07, 6.45) is 4.83.